The molecule has 0 atom stereocenters. The molecule has 110 valence electrons. The Bertz CT molecular complexity index is 1080. The van der Waals surface area contributed by atoms with Crippen LogP contribution >= 0.6 is 0 Å². The van der Waals surface area contributed by atoms with Gasteiger partial charge in [-0.1, -0.05) is 42.5 Å². The lowest BCUT2D eigenvalue weighted by Crippen LogP contribution is -1.92. The van der Waals surface area contributed by atoms with Crippen LogP contribution in [-0.4, -0.2) is 4.40 Å². The second-order valence-electron chi connectivity index (χ2n) is 5.97. The molecule has 0 radical (unpaired) electrons. The fourth-order valence-electron chi connectivity index (χ4n) is 3.33. The summed E-state index contributed by atoms with van der Waals surface area (Å²) in [6, 6.07) is 21.2. The van der Waals surface area contributed by atoms with Crippen LogP contribution in [0, 0.1) is 25.2 Å². The van der Waals surface area contributed by atoms with Gasteiger partial charge in [-0.3, -0.25) is 0 Å². The summed E-state index contributed by atoms with van der Waals surface area (Å²) < 4.78 is 2.12. The first-order valence-corrected chi connectivity index (χ1v) is 7.69. The maximum atomic E-state index is 9.45. The fraction of sp³-hybridized carbons (Fsp3) is 0.0952. The topological polar surface area (TPSA) is 28.2 Å². The van der Waals surface area contributed by atoms with Crippen LogP contribution in [0.3, 0.4) is 0 Å². The molecule has 0 unspecified atom stereocenters. The Morgan fingerprint density at radius 3 is 2.39 bits per heavy atom. The highest BCUT2D eigenvalue weighted by Gasteiger charge is 2.12. The van der Waals surface area contributed by atoms with Crippen molar-refractivity contribution in [3.05, 3.63) is 77.6 Å². The highest BCUT2D eigenvalue weighted by atomic mass is 14.9. The Morgan fingerprint density at radius 2 is 1.65 bits per heavy atom. The van der Waals surface area contributed by atoms with Gasteiger partial charge in [-0.2, -0.15) is 5.26 Å². The van der Waals surface area contributed by atoms with E-state index in [-0.39, 0.29) is 0 Å². The normalized spacial score (nSPS) is 11.0. The Morgan fingerprint density at radius 1 is 0.870 bits per heavy atom. The molecule has 0 saturated carbocycles. The molecular formula is C21H16N2. The molecule has 0 spiro atoms. The number of pyridine rings is 1. The van der Waals surface area contributed by atoms with Crippen molar-refractivity contribution in [1.82, 2.24) is 4.40 Å². The van der Waals surface area contributed by atoms with E-state index in [0.717, 1.165) is 22.2 Å². The van der Waals surface area contributed by atoms with Gasteiger partial charge in [-0.25, -0.2) is 0 Å². The van der Waals surface area contributed by atoms with Crippen LogP contribution in [-0.2, 0) is 0 Å². The molecule has 2 heterocycles. The predicted molar refractivity (Wildman–Crippen MR) is 94.5 cm³/mol. The maximum Gasteiger partial charge on any atom is 0.101 e. The summed E-state index contributed by atoms with van der Waals surface area (Å²) in [4.78, 5) is 0. The molecule has 4 rings (SSSR count). The number of hydrogen-bond donors (Lipinski definition) is 0. The van der Waals surface area contributed by atoms with E-state index in [0.29, 0.717) is 0 Å². The lowest BCUT2D eigenvalue weighted by Gasteiger charge is -2.10. The third-order valence-corrected chi connectivity index (χ3v) is 4.48. The molecule has 0 aliphatic rings. The van der Waals surface area contributed by atoms with E-state index in [2.05, 4.69) is 66.1 Å². The molecule has 0 aliphatic heterocycles. The Balaban J connectivity index is 2.09. The van der Waals surface area contributed by atoms with E-state index in [1.165, 1.54) is 22.1 Å². The molecule has 0 bridgehead atoms. The lowest BCUT2D eigenvalue weighted by molar-refractivity contribution is 1.11. The summed E-state index contributed by atoms with van der Waals surface area (Å²) in [5.74, 6) is 0. The number of nitrogens with zero attached hydrogens (tertiary/aromatic N) is 2. The van der Waals surface area contributed by atoms with Gasteiger partial charge in [0.1, 0.15) is 6.07 Å². The van der Waals surface area contributed by atoms with Crippen LogP contribution in [0.5, 0.6) is 0 Å². The number of benzene rings is 2. The maximum absolute atomic E-state index is 9.45. The number of aromatic nitrogens is 1. The van der Waals surface area contributed by atoms with Crippen LogP contribution in [0.2, 0.25) is 0 Å². The molecule has 2 aromatic carbocycles. The van der Waals surface area contributed by atoms with E-state index < -0.39 is 0 Å². The van der Waals surface area contributed by atoms with Gasteiger partial charge in [0.15, 0.2) is 0 Å². The van der Waals surface area contributed by atoms with Crippen molar-refractivity contribution >= 4 is 16.3 Å². The first-order chi connectivity index (χ1) is 11.2. The Labute approximate surface area is 135 Å². The van der Waals surface area contributed by atoms with E-state index in [4.69, 9.17) is 0 Å². The number of aryl methyl sites for hydroxylation is 2. The number of hydrogen-bond acceptors (Lipinski definition) is 1. The summed E-state index contributed by atoms with van der Waals surface area (Å²) in [6.45, 7) is 4.17. The van der Waals surface area contributed by atoms with Gasteiger partial charge < -0.3 is 4.40 Å². The number of fused-ring (bicyclic) bond motifs is 3. The summed E-state index contributed by atoms with van der Waals surface area (Å²) >= 11 is 0. The monoisotopic (exact) mass is 296 g/mol. The van der Waals surface area contributed by atoms with Crippen molar-refractivity contribution < 1.29 is 0 Å². The average Bonchev–Trinajstić information content (AvgIpc) is 2.91. The van der Waals surface area contributed by atoms with Crippen LogP contribution in [0.15, 0.2) is 60.8 Å². The van der Waals surface area contributed by atoms with Gasteiger partial charge in [-0.05, 0) is 48.1 Å². The van der Waals surface area contributed by atoms with Crippen LogP contribution < -0.4 is 0 Å². The molecular weight excluding hydrogens is 280 g/mol. The van der Waals surface area contributed by atoms with Crippen molar-refractivity contribution in [2.75, 3.05) is 0 Å². The quantitative estimate of drug-likeness (QED) is 0.471. The van der Waals surface area contributed by atoms with Crippen molar-refractivity contribution in [3.8, 4) is 17.2 Å². The molecule has 0 amide bonds. The van der Waals surface area contributed by atoms with Crippen LogP contribution in [0.25, 0.3) is 27.4 Å². The summed E-state index contributed by atoms with van der Waals surface area (Å²) in [5.41, 5.74) is 6.46. The first-order valence-electron chi connectivity index (χ1n) is 7.69. The minimum atomic E-state index is 0.736. The zero-order valence-corrected chi connectivity index (χ0v) is 13.2. The highest BCUT2D eigenvalue weighted by Crippen LogP contribution is 2.31. The highest BCUT2D eigenvalue weighted by molar-refractivity contribution is 6.02. The number of nitriles is 1. The smallest absolute Gasteiger partial charge is 0.101 e. The second-order valence-corrected chi connectivity index (χ2v) is 5.97. The van der Waals surface area contributed by atoms with Gasteiger partial charge in [0.25, 0.3) is 0 Å². The van der Waals surface area contributed by atoms with Gasteiger partial charge in [0.2, 0.25) is 0 Å². The van der Waals surface area contributed by atoms with Gasteiger partial charge >= 0.3 is 0 Å². The minimum absolute atomic E-state index is 0.736. The third-order valence-electron chi connectivity index (χ3n) is 4.48. The first kappa shape index (κ1) is 13.6. The van der Waals surface area contributed by atoms with E-state index >= 15 is 0 Å². The third kappa shape index (κ3) is 2.02. The van der Waals surface area contributed by atoms with Crippen molar-refractivity contribution in [2.45, 2.75) is 13.8 Å². The van der Waals surface area contributed by atoms with E-state index in [1.54, 1.807) is 0 Å². The zero-order chi connectivity index (χ0) is 16.0. The van der Waals surface area contributed by atoms with Gasteiger partial charge in [-0.15, -0.1) is 0 Å². The molecule has 0 saturated heterocycles. The second kappa shape index (κ2) is 5.00. The predicted octanol–water partition coefficient (Wildman–Crippen LogP) is 5.25. The van der Waals surface area contributed by atoms with E-state index in [9.17, 15) is 5.26 Å². The molecule has 2 heteroatoms. The number of rotatable bonds is 1. The average molecular weight is 296 g/mol. The molecule has 0 N–H and O–H groups in total. The van der Waals surface area contributed by atoms with Gasteiger partial charge in [0, 0.05) is 17.3 Å². The lowest BCUT2D eigenvalue weighted by atomic mass is 9.99. The van der Waals surface area contributed by atoms with E-state index in [1.807, 2.05) is 19.1 Å². The van der Waals surface area contributed by atoms with Crippen molar-refractivity contribution in [2.24, 2.45) is 0 Å². The summed E-state index contributed by atoms with van der Waals surface area (Å²) in [7, 11) is 0. The standard InChI is InChI=1S/C21H16N2/c1-14-13-23-15(2)10-18(12-22)21(23)19-9-8-17(11-20(14)19)16-6-4-3-5-7-16/h3-11,13H,1-2H3. The minimum Gasteiger partial charge on any atom is -0.319 e. The SMILES string of the molecule is Cc1cn2c(C)cc(C#N)c2c2ccc(-c3ccccc3)cc12. The largest absolute Gasteiger partial charge is 0.319 e. The molecule has 2 aromatic heterocycles. The van der Waals surface area contributed by atoms with Crippen LogP contribution in [0.1, 0.15) is 16.8 Å². The Kier molecular flexibility index (Phi) is 2.96. The fourth-order valence-corrected chi connectivity index (χ4v) is 3.33. The Hall–Kier alpha value is -3.05. The molecule has 0 aliphatic carbocycles. The summed E-state index contributed by atoms with van der Waals surface area (Å²) in [6.07, 6.45) is 2.13. The summed E-state index contributed by atoms with van der Waals surface area (Å²) in [5, 5.41) is 11.8. The molecule has 23 heavy (non-hydrogen) atoms. The van der Waals surface area contributed by atoms with Gasteiger partial charge in [0.05, 0.1) is 11.1 Å². The van der Waals surface area contributed by atoms with Crippen molar-refractivity contribution in [1.29, 1.82) is 5.26 Å². The van der Waals surface area contributed by atoms with Crippen molar-refractivity contribution in [3.63, 3.8) is 0 Å². The zero-order valence-electron chi connectivity index (χ0n) is 13.2. The van der Waals surface area contributed by atoms with Crippen LogP contribution in [0.4, 0.5) is 0 Å². The molecule has 4 aromatic rings. The molecule has 0 fully saturated rings. The molecule has 2 nitrogen and oxygen atoms in total.